The van der Waals surface area contributed by atoms with Crippen molar-refractivity contribution in [1.82, 2.24) is 29.9 Å². The van der Waals surface area contributed by atoms with Crippen molar-refractivity contribution in [3.05, 3.63) is 166 Å². The van der Waals surface area contributed by atoms with Crippen LogP contribution >= 0.6 is 23.2 Å². The number of hydrogen-bond donors (Lipinski definition) is 3. The molecule has 0 spiro atoms. The molecule has 14 nitrogen and oxygen atoms in total. The summed E-state index contributed by atoms with van der Waals surface area (Å²) >= 11 is 12.7. The Morgan fingerprint density at radius 2 is 1.12 bits per heavy atom. The summed E-state index contributed by atoms with van der Waals surface area (Å²) in [6.07, 6.45) is 6.32. The summed E-state index contributed by atoms with van der Waals surface area (Å²) in [7, 11) is 0. The number of halogens is 2. The van der Waals surface area contributed by atoms with Crippen molar-refractivity contribution in [2.24, 2.45) is 0 Å². The predicted molar refractivity (Wildman–Crippen MR) is 217 cm³/mol. The highest BCUT2D eigenvalue weighted by Crippen LogP contribution is 2.33. The number of nitrogens with zero attached hydrogens (tertiary/aromatic N) is 7. The highest BCUT2D eigenvalue weighted by molar-refractivity contribution is 6.32. The van der Waals surface area contributed by atoms with E-state index < -0.39 is 4.92 Å². The number of hydrogen-bond acceptors (Lipinski definition) is 13. The number of rotatable bonds is 11. The maximum absolute atomic E-state index is 11.1. The van der Waals surface area contributed by atoms with Gasteiger partial charge in [-0.05, 0) is 84.9 Å². The van der Waals surface area contributed by atoms with Gasteiger partial charge in [-0.1, -0.05) is 35.3 Å². The smallest absolute Gasteiger partial charge is 0.270 e. The van der Waals surface area contributed by atoms with Crippen molar-refractivity contribution in [2.45, 2.75) is 13.2 Å². The third-order valence-electron chi connectivity index (χ3n) is 8.08. The standard InChI is InChI=1S/C20H14ClN5O3.C20H16ClN5O/c21-17-9-13(4-7-19(17)29-11-14-3-1-2-8-22-14)25-20-16-10-15(26(27)28)5-6-18(16)23-12-24-20;21-17-10-14(5-7-19(17)27-11-15-3-1-2-8-23-15)26-20-16-9-13(22)4-6-18(16)24-12-25-20/h1-10,12H,11H2,(H,23,24,25);1-10,12H,11,22H2,(H,24,25,26). The number of nitrogen functional groups attached to an aromatic ring is 1. The van der Waals surface area contributed by atoms with E-state index in [4.69, 9.17) is 38.4 Å². The topological polar surface area (TPSA) is 189 Å². The molecule has 4 N–H and O–H groups in total. The van der Waals surface area contributed by atoms with E-state index in [0.29, 0.717) is 68.7 Å². The van der Waals surface area contributed by atoms with Crippen LogP contribution in [-0.2, 0) is 13.2 Å². The summed E-state index contributed by atoms with van der Waals surface area (Å²) in [4.78, 5) is 36.0. The van der Waals surface area contributed by atoms with Crippen molar-refractivity contribution in [3.8, 4) is 11.5 Å². The van der Waals surface area contributed by atoms with Crippen LogP contribution in [0.3, 0.4) is 0 Å². The molecule has 0 radical (unpaired) electrons. The average Bonchev–Trinajstić information content (AvgIpc) is 3.21. The van der Waals surface area contributed by atoms with Crippen LogP contribution in [0.25, 0.3) is 21.8 Å². The molecule has 16 heteroatoms. The molecule has 0 fully saturated rings. The normalized spacial score (nSPS) is 10.7. The molecule has 8 aromatic rings. The Morgan fingerprint density at radius 1 is 0.607 bits per heavy atom. The first-order chi connectivity index (χ1) is 27.3. The summed E-state index contributed by atoms with van der Waals surface area (Å²) in [5, 5.41) is 19.7. The van der Waals surface area contributed by atoms with E-state index in [-0.39, 0.29) is 5.69 Å². The number of pyridine rings is 2. The molecule has 278 valence electrons. The van der Waals surface area contributed by atoms with Crippen LogP contribution in [0.2, 0.25) is 10.0 Å². The number of nitrogens with two attached hydrogens (primary N) is 1. The fourth-order valence-corrected chi connectivity index (χ4v) is 5.84. The Balaban J connectivity index is 0.000000172. The number of non-ortho nitro benzene ring substituents is 1. The number of benzene rings is 4. The molecule has 4 heterocycles. The van der Waals surface area contributed by atoms with Crippen LogP contribution in [0.1, 0.15) is 11.4 Å². The lowest BCUT2D eigenvalue weighted by Crippen LogP contribution is -1.99. The number of fused-ring (bicyclic) bond motifs is 2. The molecule has 0 aliphatic carbocycles. The maximum atomic E-state index is 11.1. The number of anilines is 5. The first-order valence-electron chi connectivity index (χ1n) is 16.9. The first-order valence-corrected chi connectivity index (χ1v) is 17.6. The molecule has 0 aliphatic rings. The average molecular weight is 786 g/mol. The minimum Gasteiger partial charge on any atom is -0.486 e. The number of nitro benzene ring substituents is 1. The van der Waals surface area contributed by atoms with Crippen LogP contribution < -0.4 is 25.8 Å². The minimum atomic E-state index is -0.458. The molecule has 0 unspecified atom stereocenters. The molecule has 4 aromatic heterocycles. The molecule has 0 aliphatic heterocycles. The van der Waals surface area contributed by atoms with Crippen molar-refractivity contribution < 1.29 is 14.4 Å². The molecule has 56 heavy (non-hydrogen) atoms. The second kappa shape index (κ2) is 17.3. The Hall–Kier alpha value is -7.16. The third kappa shape index (κ3) is 9.31. The molecule has 0 atom stereocenters. The molecule has 8 rings (SSSR count). The number of ether oxygens (including phenoxy) is 2. The number of nitro groups is 1. The van der Waals surface area contributed by atoms with Crippen molar-refractivity contribution >= 4 is 79.4 Å². The Morgan fingerprint density at radius 3 is 1.61 bits per heavy atom. The van der Waals surface area contributed by atoms with E-state index >= 15 is 0 Å². The van der Waals surface area contributed by atoms with E-state index in [1.165, 1.54) is 24.8 Å². The first kappa shape index (κ1) is 37.2. The fraction of sp³-hybridized carbons (Fsp3) is 0.0500. The highest BCUT2D eigenvalue weighted by Gasteiger charge is 2.13. The summed E-state index contributed by atoms with van der Waals surface area (Å²) in [5.41, 5.74) is 11.0. The molecular weight excluding hydrogens is 755 g/mol. The zero-order valence-corrected chi connectivity index (χ0v) is 30.7. The SMILES string of the molecule is Nc1ccc2ncnc(Nc3ccc(OCc4ccccn4)c(Cl)c3)c2c1.O=[N+]([O-])c1ccc2ncnc(Nc3ccc(OCc4ccccn4)c(Cl)c3)c2c1. The zero-order valence-electron chi connectivity index (χ0n) is 29.2. The summed E-state index contributed by atoms with van der Waals surface area (Å²) in [5.74, 6) is 2.21. The number of aromatic nitrogens is 6. The molecular formula is C40H30Cl2N10O4. The Labute approximate surface area is 329 Å². The van der Waals surface area contributed by atoms with Gasteiger partial charge >= 0.3 is 0 Å². The van der Waals surface area contributed by atoms with Gasteiger partial charge in [-0.3, -0.25) is 20.1 Å². The quantitative estimate of drug-likeness (QED) is 0.0639. The maximum Gasteiger partial charge on any atom is 0.270 e. The lowest BCUT2D eigenvalue weighted by Gasteiger charge is -2.12. The van der Waals surface area contributed by atoms with Crippen LogP contribution in [0.15, 0.2) is 134 Å². The molecule has 0 saturated carbocycles. The van der Waals surface area contributed by atoms with Gasteiger partial charge < -0.3 is 25.8 Å². The third-order valence-corrected chi connectivity index (χ3v) is 8.67. The highest BCUT2D eigenvalue weighted by atomic mass is 35.5. The van der Waals surface area contributed by atoms with Crippen LogP contribution in [-0.4, -0.2) is 34.8 Å². The van der Waals surface area contributed by atoms with Crippen molar-refractivity contribution in [2.75, 3.05) is 16.4 Å². The monoisotopic (exact) mass is 784 g/mol. The predicted octanol–water partition coefficient (Wildman–Crippen LogP) is 9.49. The lowest BCUT2D eigenvalue weighted by atomic mass is 10.2. The zero-order chi connectivity index (χ0) is 38.9. The fourth-order valence-electron chi connectivity index (χ4n) is 5.37. The Bertz CT molecular complexity index is 2640. The van der Waals surface area contributed by atoms with Crippen molar-refractivity contribution in [1.29, 1.82) is 0 Å². The van der Waals surface area contributed by atoms with Gasteiger partial charge in [-0.2, -0.15) is 0 Å². The van der Waals surface area contributed by atoms with E-state index in [1.807, 2.05) is 66.7 Å². The molecule has 4 aromatic carbocycles. The van der Waals surface area contributed by atoms with E-state index in [2.05, 4.69) is 40.5 Å². The van der Waals surface area contributed by atoms with Crippen LogP contribution in [0.5, 0.6) is 11.5 Å². The van der Waals surface area contributed by atoms with Gasteiger partial charge in [-0.15, -0.1) is 0 Å². The second-order valence-corrected chi connectivity index (χ2v) is 12.8. The summed E-state index contributed by atoms with van der Waals surface area (Å²) in [6.45, 7) is 0.650. The van der Waals surface area contributed by atoms with Crippen LogP contribution in [0, 0.1) is 10.1 Å². The van der Waals surface area contributed by atoms with Crippen LogP contribution in [0.4, 0.5) is 34.4 Å². The molecule has 0 saturated heterocycles. The lowest BCUT2D eigenvalue weighted by molar-refractivity contribution is -0.384. The second-order valence-electron chi connectivity index (χ2n) is 11.9. The van der Waals surface area contributed by atoms with E-state index in [1.54, 1.807) is 42.7 Å². The van der Waals surface area contributed by atoms with Gasteiger partial charge in [-0.25, -0.2) is 19.9 Å². The van der Waals surface area contributed by atoms with Gasteiger partial charge in [0.2, 0.25) is 0 Å². The van der Waals surface area contributed by atoms with E-state index in [9.17, 15) is 10.1 Å². The van der Waals surface area contributed by atoms with Crippen molar-refractivity contribution in [3.63, 3.8) is 0 Å². The van der Waals surface area contributed by atoms with Gasteiger partial charge in [0.25, 0.3) is 5.69 Å². The van der Waals surface area contributed by atoms with Gasteiger partial charge in [0, 0.05) is 52.4 Å². The largest absolute Gasteiger partial charge is 0.486 e. The minimum absolute atomic E-state index is 0.0355. The molecule has 0 amide bonds. The number of nitrogens with one attached hydrogen (secondary N) is 2. The summed E-state index contributed by atoms with van der Waals surface area (Å²) < 4.78 is 11.5. The van der Waals surface area contributed by atoms with Gasteiger partial charge in [0.15, 0.2) is 0 Å². The van der Waals surface area contributed by atoms with E-state index in [0.717, 1.165) is 28.0 Å². The summed E-state index contributed by atoms with van der Waals surface area (Å²) in [6, 6.07) is 31.9. The van der Waals surface area contributed by atoms with Gasteiger partial charge in [0.1, 0.15) is 49.0 Å². The van der Waals surface area contributed by atoms with Gasteiger partial charge in [0.05, 0.1) is 37.4 Å². The molecule has 0 bridgehead atoms. The Kier molecular flexibility index (Phi) is 11.5.